The summed E-state index contributed by atoms with van der Waals surface area (Å²) in [6, 6.07) is 10.1. The molecule has 3 aromatic heterocycles. The van der Waals surface area contributed by atoms with Crippen molar-refractivity contribution in [1.29, 1.82) is 0 Å². The van der Waals surface area contributed by atoms with E-state index < -0.39 is 0 Å². The first-order chi connectivity index (χ1) is 15.1. The molecule has 5 rings (SSSR count). The van der Waals surface area contributed by atoms with E-state index in [0.717, 1.165) is 58.8 Å². The average molecular weight is 433 g/mol. The van der Waals surface area contributed by atoms with Crippen LogP contribution in [-0.4, -0.2) is 51.0 Å². The second kappa shape index (κ2) is 8.20. The van der Waals surface area contributed by atoms with Gasteiger partial charge in [0.1, 0.15) is 10.7 Å². The zero-order chi connectivity index (χ0) is 21.4. The molecule has 0 atom stereocenters. The molecule has 0 aliphatic carbocycles. The summed E-state index contributed by atoms with van der Waals surface area (Å²) < 4.78 is 0. The van der Waals surface area contributed by atoms with Gasteiger partial charge in [-0.25, -0.2) is 15.0 Å². The van der Waals surface area contributed by atoms with Gasteiger partial charge in [0.05, 0.1) is 11.9 Å². The summed E-state index contributed by atoms with van der Waals surface area (Å²) in [6.07, 6.45) is 3.54. The Morgan fingerprint density at radius 3 is 2.45 bits per heavy atom. The van der Waals surface area contributed by atoms with Gasteiger partial charge in [0.25, 0.3) is 5.56 Å². The van der Waals surface area contributed by atoms with Crippen LogP contribution in [0.5, 0.6) is 0 Å². The van der Waals surface area contributed by atoms with Gasteiger partial charge in [0.2, 0.25) is 5.95 Å². The third kappa shape index (κ3) is 3.96. The molecule has 158 valence electrons. The predicted molar refractivity (Wildman–Crippen MR) is 125 cm³/mol. The second-order valence-corrected chi connectivity index (χ2v) is 9.11. The number of hydrogen-bond acceptors (Lipinski definition) is 7. The van der Waals surface area contributed by atoms with Crippen LogP contribution < -0.4 is 10.5 Å². The number of aromatic nitrogens is 4. The van der Waals surface area contributed by atoms with Crippen LogP contribution in [0.4, 0.5) is 5.95 Å². The number of aromatic amines is 1. The van der Waals surface area contributed by atoms with Gasteiger partial charge in [-0.1, -0.05) is 29.8 Å². The van der Waals surface area contributed by atoms with Crippen molar-refractivity contribution >= 4 is 27.5 Å². The Morgan fingerprint density at radius 2 is 1.74 bits per heavy atom. The first kappa shape index (κ1) is 19.8. The Hall–Kier alpha value is -3.10. The van der Waals surface area contributed by atoms with E-state index >= 15 is 0 Å². The van der Waals surface area contributed by atoms with Gasteiger partial charge in [-0.2, -0.15) is 0 Å². The van der Waals surface area contributed by atoms with Crippen LogP contribution in [0.15, 0.2) is 47.5 Å². The number of nitrogens with one attached hydrogen (secondary N) is 1. The molecule has 1 N–H and O–H groups in total. The lowest BCUT2D eigenvalue weighted by Crippen LogP contribution is -2.46. The molecular formula is C23H24N6OS. The van der Waals surface area contributed by atoms with Gasteiger partial charge in [0, 0.05) is 49.0 Å². The molecule has 8 heteroatoms. The fraction of sp³-hybridized carbons (Fsp3) is 0.304. The first-order valence-electron chi connectivity index (χ1n) is 10.4. The van der Waals surface area contributed by atoms with Gasteiger partial charge >= 0.3 is 0 Å². The average Bonchev–Trinajstić information content (AvgIpc) is 3.12. The standard InChI is InChI=1S/C23H24N6OS/c1-15-4-6-17(7-5-15)19-16(2)31-22-20(19)21(30)26-18(27-22)14-28-10-12-29(13-11-28)23-24-8-3-9-25-23/h3-9H,10-14H2,1-2H3,(H,26,27,30). The molecule has 0 radical (unpaired) electrons. The van der Waals surface area contributed by atoms with Gasteiger partial charge in [-0.15, -0.1) is 11.3 Å². The van der Waals surface area contributed by atoms with E-state index in [4.69, 9.17) is 4.98 Å². The number of thiophene rings is 1. The van der Waals surface area contributed by atoms with E-state index in [2.05, 4.69) is 62.9 Å². The minimum absolute atomic E-state index is 0.0590. The number of benzene rings is 1. The lowest BCUT2D eigenvalue weighted by molar-refractivity contribution is 0.243. The van der Waals surface area contributed by atoms with Crippen LogP contribution in [0, 0.1) is 13.8 Å². The van der Waals surface area contributed by atoms with E-state index in [1.807, 2.05) is 6.07 Å². The molecule has 31 heavy (non-hydrogen) atoms. The fourth-order valence-electron chi connectivity index (χ4n) is 4.08. The third-order valence-corrected chi connectivity index (χ3v) is 6.71. The van der Waals surface area contributed by atoms with Crippen molar-refractivity contribution in [2.45, 2.75) is 20.4 Å². The quantitative estimate of drug-likeness (QED) is 0.533. The second-order valence-electron chi connectivity index (χ2n) is 7.90. The molecule has 1 aliphatic heterocycles. The largest absolute Gasteiger partial charge is 0.338 e. The van der Waals surface area contributed by atoms with Crippen LogP contribution in [0.1, 0.15) is 16.3 Å². The molecule has 0 spiro atoms. The molecule has 0 saturated carbocycles. The Kier molecular flexibility index (Phi) is 5.25. The summed E-state index contributed by atoms with van der Waals surface area (Å²) in [5.41, 5.74) is 3.20. The molecule has 7 nitrogen and oxygen atoms in total. The zero-order valence-corrected chi connectivity index (χ0v) is 18.4. The smallest absolute Gasteiger partial charge is 0.260 e. The van der Waals surface area contributed by atoms with E-state index in [1.54, 1.807) is 23.7 Å². The maximum atomic E-state index is 13.0. The molecule has 4 aromatic rings. The molecular weight excluding hydrogens is 408 g/mol. The maximum absolute atomic E-state index is 13.0. The summed E-state index contributed by atoms with van der Waals surface area (Å²) in [4.78, 5) is 36.0. The summed E-state index contributed by atoms with van der Waals surface area (Å²) in [5.74, 6) is 1.49. The maximum Gasteiger partial charge on any atom is 0.260 e. The lowest BCUT2D eigenvalue weighted by atomic mass is 10.0. The summed E-state index contributed by atoms with van der Waals surface area (Å²) in [6.45, 7) is 8.21. The van der Waals surface area contributed by atoms with Crippen molar-refractivity contribution in [3.8, 4) is 11.1 Å². The Balaban J connectivity index is 1.36. The highest BCUT2D eigenvalue weighted by Gasteiger charge is 2.21. The molecule has 1 aliphatic rings. The van der Waals surface area contributed by atoms with Crippen LogP contribution in [0.25, 0.3) is 21.3 Å². The number of piperazine rings is 1. The van der Waals surface area contributed by atoms with E-state index in [-0.39, 0.29) is 5.56 Å². The monoisotopic (exact) mass is 432 g/mol. The van der Waals surface area contributed by atoms with Crippen molar-refractivity contribution in [2.24, 2.45) is 0 Å². The lowest BCUT2D eigenvalue weighted by Gasteiger charge is -2.34. The molecule has 0 amide bonds. The van der Waals surface area contributed by atoms with Crippen molar-refractivity contribution in [3.05, 3.63) is 69.3 Å². The van der Waals surface area contributed by atoms with E-state index in [0.29, 0.717) is 11.9 Å². The summed E-state index contributed by atoms with van der Waals surface area (Å²) in [5, 5.41) is 0.696. The normalized spacial score (nSPS) is 15.0. The van der Waals surface area contributed by atoms with Crippen molar-refractivity contribution in [1.82, 2.24) is 24.8 Å². The van der Waals surface area contributed by atoms with E-state index in [9.17, 15) is 4.79 Å². The Bertz CT molecular complexity index is 1260. The Labute approximate surface area is 184 Å². The fourth-order valence-corrected chi connectivity index (χ4v) is 5.14. The summed E-state index contributed by atoms with van der Waals surface area (Å²) >= 11 is 1.59. The number of H-pyrrole nitrogens is 1. The molecule has 0 unspecified atom stereocenters. The molecule has 4 heterocycles. The minimum atomic E-state index is -0.0590. The molecule has 1 saturated heterocycles. The van der Waals surface area contributed by atoms with Crippen molar-refractivity contribution in [3.63, 3.8) is 0 Å². The Morgan fingerprint density at radius 1 is 1.03 bits per heavy atom. The van der Waals surface area contributed by atoms with Gasteiger partial charge < -0.3 is 9.88 Å². The SMILES string of the molecule is Cc1ccc(-c2c(C)sc3nc(CN4CCN(c5ncccn5)CC4)[nH]c(=O)c23)cc1. The molecule has 1 aromatic carbocycles. The topological polar surface area (TPSA) is 78.0 Å². The highest BCUT2D eigenvalue weighted by molar-refractivity contribution is 7.19. The first-order valence-corrected chi connectivity index (χ1v) is 11.2. The number of hydrogen-bond donors (Lipinski definition) is 1. The zero-order valence-electron chi connectivity index (χ0n) is 17.6. The summed E-state index contributed by atoms with van der Waals surface area (Å²) in [7, 11) is 0. The van der Waals surface area contributed by atoms with Crippen molar-refractivity contribution < 1.29 is 0 Å². The molecule has 0 bridgehead atoms. The van der Waals surface area contributed by atoms with Gasteiger partial charge in [-0.3, -0.25) is 9.69 Å². The number of rotatable bonds is 4. The van der Waals surface area contributed by atoms with Crippen LogP contribution in [0.2, 0.25) is 0 Å². The van der Waals surface area contributed by atoms with Crippen LogP contribution in [-0.2, 0) is 6.54 Å². The number of aryl methyl sites for hydroxylation is 2. The number of anilines is 1. The van der Waals surface area contributed by atoms with Crippen LogP contribution >= 0.6 is 11.3 Å². The minimum Gasteiger partial charge on any atom is -0.338 e. The highest BCUT2D eigenvalue weighted by atomic mass is 32.1. The van der Waals surface area contributed by atoms with Gasteiger partial charge in [-0.05, 0) is 25.5 Å². The third-order valence-electron chi connectivity index (χ3n) is 5.71. The molecule has 1 fully saturated rings. The predicted octanol–water partition coefficient (Wildman–Crippen LogP) is 3.38. The van der Waals surface area contributed by atoms with Gasteiger partial charge in [0.15, 0.2) is 0 Å². The number of fused-ring (bicyclic) bond motifs is 1. The van der Waals surface area contributed by atoms with Crippen molar-refractivity contribution in [2.75, 3.05) is 31.1 Å². The van der Waals surface area contributed by atoms with E-state index in [1.165, 1.54) is 5.56 Å². The number of nitrogens with zero attached hydrogens (tertiary/aromatic N) is 5. The highest BCUT2D eigenvalue weighted by Crippen LogP contribution is 2.35. The van der Waals surface area contributed by atoms with Crippen LogP contribution in [0.3, 0.4) is 0 Å².